The molecule has 18 heavy (non-hydrogen) atoms. The van der Waals surface area contributed by atoms with Crippen LogP contribution in [0.1, 0.15) is 26.3 Å². The molecule has 1 aliphatic heterocycles. The third-order valence-corrected chi connectivity index (χ3v) is 4.02. The molecule has 0 amide bonds. The van der Waals surface area contributed by atoms with E-state index in [1.807, 2.05) is 0 Å². The van der Waals surface area contributed by atoms with Crippen LogP contribution in [-0.4, -0.2) is 6.54 Å². The van der Waals surface area contributed by atoms with E-state index in [4.69, 9.17) is 0 Å². The predicted molar refractivity (Wildman–Crippen MR) is 79.0 cm³/mol. The minimum absolute atomic E-state index is 1.11. The standard InChI is InChI=1S/C17H19N/c1-12(2)13(3)18-11-10-16-15-7-5-4-6-14(15)8-9-17(16)18/h4-9H,10-11H2,1-3H3. The van der Waals surface area contributed by atoms with Crippen molar-refractivity contribution < 1.29 is 0 Å². The summed E-state index contributed by atoms with van der Waals surface area (Å²) in [5, 5.41) is 2.77. The lowest BCUT2D eigenvalue weighted by Gasteiger charge is -2.22. The van der Waals surface area contributed by atoms with Gasteiger partial charge in [0, 0.05) is 17.9 Å². The SMILES string of the molecule is CC(C)=C(C)N1CCc2c1ccc1ccccc21. The highest BCUT2D eigenvalue weighted by atomic mass is 15.2. The lowest BCUT2D eigenvalue weighted by molar-refractivity contribution is 0.929. The Kier molecular flexibility index (Phi) is 2.62. The molecule has 2 aromatic rings. The quantitative estimate of drug-likeness (QED) is 0.705. The number of benzene rings is 2. The molecule has 1 nitrogen and oxygen atoms in total. The molecule has 92 valence electrons. The number of nitrogens with zero attached hydrogens (tertiary/aromatic N) is 1. The van der Waals surface area contributed by atoms with Crippen LogP contribution < -0.4 is 4.90 Å². The van der Waals surface area contributed by atoms with Gasteiger partial charge in [-0.15, -0.1) is 0 Å². The van der Waals surface area contributed by atoms with Crippen LogP contribution in [0.25, 0.3) is 10.8 Å². The van der Waals surface area contributed by atoms with E-state index < -0.39 is 0 Å². The average molecular weight is 237 g/mol. The number of hydrogen-bond donors (Lipinski definition) is 0. The second kappa shape index (κ2) is 4.16. The van der Waals surface area contributed by atoms with Crippen molar-refractivity contribution in [1.82, 2.24) is 0 Å². The lowest BCUT2D eigenvalue weighted by atomic mass is 10.0. The maximum atomic E-state index is 2.46. The summed E-state index contributed by atoms with van der Waals surface area (Å²) >= 11 is 0. The fraction of sp³-hybridized carbons (Fsp3) is 0.294. The molecule has 0 saturated heterocycles. The van der Waals surface area contributed by atoms with Crippen LogP contribution in [0.2, 0.25) is 0 Å². The van der Waals surface area contributed by atoms with Crippen LogP contribution in [0.4, 0.5) is 5.69 Å². The maximum absolute atomic E-state index is 2.46. The summed E-state index contributed by atoms with van der Waals surface area (Å²) < 4.78 is 0. The summed E-state index contributed by atoms with van der Waals surface area (Å²) in [6.07, 6.45) is 1.15. The van der Waals surface area contributed by atoms with Crippen molar-refractivity contribution in [3.63, 3.8) is 0 Å². The minimum Gasteiger partial charge on any atom is -0.345 e. The number of allylic oxidation sites excluding steroid dienone is 2. The van der Waals surface area contributed by atoms with Crippen molar-refractivity contribution in [2.24, 2.45) is 0 Å². The molecule has 0 radical (unpaired) electrons. The highest BCUT2D eigenvalue weighted by Gasteiger charge is 2.22. The molecule has 3 rings (SSSR count). The van der Waals surface area contributed by atoms with Crippen molar-refractivity contribution in [2.75, 3.05) is 11.4 Å². The molecule has 2 aromatic carbocycles. The van der Waals surface area contributed by atoms with Gasteiger partial charge in [0.25, 0.3) is 0 Å². The Morgan fingerprint density at radius 1 is 1.00 bits per heavy atom. The zero-order valence-corrected chi connectivity index (χ0v) is 11.3. The van der Waals surface area contributed by atoms with Gasteiger partial charge in [-0.2, -0.15) is 0 Å². The van der Waals surface area contributed by atoms with E-state index in [-0.39, 0.29) is 0 Å². The molecule has 0 N–H and O–H groups in total. The molecule has 0 aliphatic carbocycles. The Hall–Kier alpha value is -1.76. The summed E-state index contributed by atoms with van der Waals surface area (Å²) in [5.41, 5.74) is 5.70. The van der Waals surface area contributed by atoms with Crippen LogP contribution in [0.15, 0.2) is 47.7 Å². The van der Waals surface area contributed by atoms with Crippen LogP contribution in [0, 0.1) is 0 Å². The van der Waals surface area contributed by atoms with Crippen molar-refractivity contribution in [2.45, 2.75) is 27.2 Å². The summed E-state index contributed by atoms with van der Waals surface area (Å²) in [7, 11) is 0. The predicted octanol–water partition coefficient (Wildman–Crippen LogP) is 4.52. The summed E-state index contributed by atoms with van der Waals surface area (Å²) in [6, 6.07) is 13.2. The van der Waals surface area contributed by atoms with Gasteiger partial charge in [-0.3, -0.25) is 0 Å². The second-order valence-electron chi connectivity index (χ2n) is 5.27. The second-order valence-corrected chi connectivity index (χ2v) is 5.27. The fourth-order valence-electron chi connectivity index (χ4n) is 2.80. The molecule has 0 aromatic heterocycles. The van der Waals surface area contributed by atoms with Gasteiger partial charge < -0.3 is 4.90 Å². The van der Waals surface area contributed by atoms with Gasteiger partial charge in [-0.1, -0.05) is 35.9 Å². The fourth-order valence-corrected chi connectivity index (χ4v) is 2.80. The molecule has 1 heteroatoms. The Bertz CT molecular complexity index is 633. The zero-order valence-electron chi connectivity index (χ0n) is 11.3. The normalized spacial score (nSPS) is 13.8. The lowest BCUT2D eigenvalue weighted by Crippen LogP contribution is -2.18. The largest absolute Gasteiger partial charge is 0.345 e. The van der Waals surface area contributed by atoms with E-state index in [0.29, 0.717) is 0 Å². The van der Waals surface area contributed by atoms with Crippen molar-refractivity contribution in [3.05, 3.63) is 53.2 Å². The molecule has 0 saturated carbocycles. The zero-order chi connectivity index (χ0) is 12.7. The minimum atomic E-state index is 1.11. The van der Waals surface area contributed by atoms with Crippen molar-refractivity contribution in [3.8, 4) is 0 Å². The van der Waals surface area contributed by atoms with Crippen molar-refractivity contribution in [1.29, 1.82) is 0 Å². The van der Waals surface area contributed by atoms with E-state index >= 15 is 0 Å². The Morgan fingerprint density at radius 3 is 2.56 bits per heavy atom. The summed E-state index contributed by atoms with van der Waals surface area (Å²) in [4.78, 5) is 2.46. The molecule has 0 spiro atoms. The first-order chi connectivity index (χ1) is 8.68. The topological polar surface area (TPSA) is 3.24 Å². The monoisotopic (exact) mass is 237 g/mol. The average Bonchev–Trinajstić information content (AvgIpc) is 2.81. The van der Waals surface area contributed by atoms with Gasteiger partial charge in [-0.05, 0) is 49.6 Å². The molecule has 0 atom stereocenters. The first kappa shape index (κ1) is 11.3. The van der Waals surface area contributed by atoms with E-state index in [1.165, 1.54) is 33.3 Å². The molecule has 0 fully saturated rings. The van der Waals surface area contributed by atoms with Gasteiger partial charge in [0.15, 0.2) is 0 Å². The summed E-state index contributed by atoms with van der Waals surface area (Å²) in [5.74, 6) is 0. The number of hydrogen-bond acceptors (Lipinski definition) is 1. The van der Waals surface area contributed by atoms with Crippen LogP contribution in [0.3, 0.4) is 0 Å². The van der Waals surface area contributed by atoms with E-state index in [0.717, 1.165) is 13.0 Å². The van der Waals surface area contributed by atoms with Crippen LogP contribution in [-0.2, 0) is 6.42 Å². The van der Waals surface area contributed by atoms with Crippen LogP contribution >= 0.6 is 0 Å². The third kappa shape index (κ3) is 1.62. The van der Waals surface area contributed by atoms with Gasteiger partial charge in [0.1, 0.15) is 0 Å². The van der Waals surface area contributed by atoms with Gasteiger partial charge in [0.2, 0.25) is 0 Å². The van der Waals surface area contributed by atoms with E-state index in [9.17, 15) is 0 Å². The Labute approximate surface area is 109 Å². The van der Waals surface area contributed by atoms with Crippen molar-refractivity contribution >= 4 is 16.5 Å². The number of anilines is 1. The Balaban J connectivity index is 2.19. The smallest absolute Gasteiger partial charge is 0.0447 e. The number of rotatable bonds is 1. The van der Waals surface area contributed by atoms with E-state index in [1.54, 1.807) is 0 Å². The maximum Gasteiger partial charge on any atom is 0.0447 e. The highest BCUT2D eigenvalue weighted by molar-refractivity contribution is 5.91. The Morgan fingerprint density at radius 2 is 1.78 bits per heavy atom. The van der Waals surface area contributed by atoms with Gasteiger partial charge >= 0.3 is 0 Å². The van der Waals surface area contributed by atoms with Crippen LogP contribution in [0.5, 0.6) is 0 Å². The molecule has 0 unspecified atom stereocenters. The molecular weight excluding hydrogens is 218 g/mol. The molecule has 1 aliphatic rings. The highest BCUT2D eigenvalue weighted by Crippen LogP contribution is 2.36. The third-order valence-electron chi connectivity index (χ3n) is 4.02. The van der Waals surface area contributed by atoms with E-state index in [2.05, 4.69) is 62.1 Å². The molecule has 0 bridgehead atoms. The van der Waals surface area contributed by atoms with Gasteiger partial charge in [-0.25, -0.2) is 0 Å². The number of fused-ring (bicyclic) bond motifs is 3. The first-order valence-electron chi connectivity index (χ1n) is 6.61. The van der Waals surface area contributed by atoms with Gasteiger partial charge in [0.05, 0.1) is 0 Å². The molecular formula is C17H19N. The molecule has 1 heterocycles. The first-order valence-corrected chi connectivity index (χ1v) is 6.61. The summed E-state index contributed by atoms with van der Waals surface area (Å²) in [6.45, 7) is 7.71.